The molecule has 1 N–H and O–H groups in total. The van der Waals surface area contributed by atoms with E-state index < -0.39 is 6.04 Å². The molecule has 2 aliphatic rings. The number of urea groups is 1. The Kier molecular flexibility index (Phi) is 4.49. The van der Waals surface area contributed by atoms with Crippen molar-refractivity contribution in [3.05, 3.63) is 34.9 Å². The van der Waals surface area contributed by atoms with Crippen molar-refractivity contribution in [2.24, 2.45) is 0 Å². The molecule has 3 rings (SSSR count). The summed E-state index contributed by atoms with van der Waals surface area (Å²) in [5, 5.41) is 3.37. The van der Waals surface area contributed by atoms with Gasteiger partial charge in [0, 0.05) is 31.2 Å². The van der Waals surface area contributed by atoms with E-state index in [0.717, 1.165) is 5.56 Å². The molecule has 1 atom stereocenters. The van der Waals surface area contributed by atoms with Gasteiger partial charge in [0.05, 0.1) is 13.2 Å². The van der Waals surface area contributed by atoms with Crippen LogP contribution in [0, 0.1) is 0 Å². The number of piperazine rings is 1. The first-order valence-corrected chi connectivity index (χ1v) is 7.71. The van der Waals surface area contributed by atoms with Gasteiger partial charge < -0.3 is 19.9 Å². The standard InChI is InChI=1S/C15H18ClN3O3/c16-12-3-1-2-11(10-12)13-14(20)17-4-5-19(13)15(21)18-6-8-22-9-7-18/h1-3,10,13H,4-9H2,(H,17,20). The first-order valence-electron chi connectivity index (χ1n) is 7.33. The highest BCUT2D eigenvalue weighted by Gasteiger charge is 2.36. The molecular formula is C15H18ClN3O3. The lowest BCUT2D eigenvalue weighted by molar-refractivity contribution is -0.128. The Morgan fingerprint density at radius 2 is 2.05 bits per heavy atom. The van der Waals surface area contributed by atoms with Gasteiger partial charge in [0.1, 0.15) is 6.04 Å². The van der Waals surface area contributed by atoms with Crippen LogP contribution in [0.1, 0.15) is 11.6 Å². The van der Waals surface area contributed by atoms with Gasteiger partial charge in [0.15, 0.2) is 0 Å². The van der Waals surface area contributed by atoms with Gasteiger partial charge in [-0.25, -0.2) is 4.79 Å². The summed E-state index contributed by atoms with van der Waals surface area (Å²) in [7, 11) is 0. The highest BCUT2D eigenvalue weighted by atomic mass is 35.5. The molecule has 0 radical (unpaired) electrons. The quantitative estimate of drug-likeness (QED) is 0.846. The largest absolute Gasteiger partial charge is 0.378 e. The van der Waals surface area contributed by atoms with Gasteiger partial charge >= 0.3 is 6.03 Å². The molecule has 1 unspecified atom stereocenters. The minimum Gasteiger partial charge on any atom is -0.378 e. The molecule has 1 aromatic carbocycles. The van der Waals surface area contributed by atoms with Crippen molar-refractivity contribution in [3.63, 3.8) is 0 Å². The first-order chi connectivity index (χ1) is 10.7. The molecule has 0 bridgehead atoms. The van der Waals surface area contributed by atoms with Crippen LogP contribution < -0.4 is 5.32 Å². The van der Waals surface area contributed by atoms with Gasteiger partial charge in [-0.1, -0.05) is 23.7 Å². The average Bonchev–Trinajstić information content (AvgIpc) is 2.54. The van der Waals surface area contributed by atoms with E-state index in [-0.39, 0.29) is 11.9 Å². The molecule has 0 saturated carbocycles. The Bertz CT molecular complexity index is 575. The predicted molar refractivity (Wildman–Crippen MR) is 81.7 cm³/mol. The lowest BCUT2D eigenvalue weighted by atomic mass is 10.0. The van der Waals surface area contributed by atoms with E-state index in [2.05, 4.69) is 5.32 Å². The van der Waals surface area contributed by atoms with E-state index in [1.165, 1.54) is 0 Å². The number of amides is 3. The number of benzene rings is 1. The van der Waals surface area contributed by atoms with Gasteiger partial charge in [-0.15, -0.1) is 0 Å². The second-order valence-electron chi connectivity index (χ2n) is 5.32. The third-order valence-electron chi connectivity index (χ3n) is 3.90. The van der Waals surface area contributed by atoms with E-state index in [9.17, 15) is 9.59 Å². The van der Waals surface area contributed by atoms with E-state index in [0.29, 0.717) is 44.4 Å². The van der Waals surface area contributed by atoms with Crippen LogP contribution in [0.15, 0.2) is 24.3 Å². The molecule has 2 aliphatic heterocycles. The van der Waals surface area contributed by atoms with E-state index >= 15 is 0 Å². The van der Waals surface area contributed by atoms with Crippen LogP contribution in [0.3, 0.4) is 0 Å². The number of carbonyl (C=O) groups excluding carboxylic acids is 2. The lowest BCUT2D eigenvalue weighted by Gasteiger charge is -2.39. The molecule has 6 nitrogen and oxygen atoms in total. The zero-order valence-corrected chi connectivity index (χ0v) is 12.9. The molecule has 0 spiro atoms. The Hall–Kier alpha value is -1.79. The van der Waals surface area contributed by atoms with Gasteiger partial charge in [0.2, 0.25) is 5.91 Å². The molecule has 2 fully saturated rings. The third kappa shape index (κ3) is 3.03. The Balaban J connectivity index is 1.86. The molecule has 0 aromatic heterocycles. The predicted octanol–water partition coefficient (Wildman–Crippen LogP) is 1.27. The maximum Gasteiger partial charge on any atom is 0.321 e. The first kappa shape index (κ1) is 15.1. The van der Waals surface area contributed by atoms with Crippen molar-refractivity contribution in [1.82, 2.24) is 15.1 Å². The fraction of sp³-hybridized carbons (Fsp3) is 0.467. The van der Waals surface area contributed by atoms with Crippen molar-refractivity contribution < 1.29 is 14.3 Å². The van der Waals surface area contributed by atoms with Crippen LogP contribution in [0.2, 0.25) is 5.02 Å². The molecule has 22 heavy (non-hydrogen) atoms. The molecule has 118 valence electrons. The molecule has 2 heterocycles. The van der Waals surface area contributed by atoms with Gasteiger partial charge in [0.25, 0.3) is 0 Å². The maximum absolute atomic E-state index is 12.8. The summed E-state index contributed by atoms with van der Waals surface area (Å²) in [6.45, 7) is 3.13. The molecule has 7 heteroatoms. The van der Waals surface area contributed by atoms with Crippen molar-refractivity contribution in [1.29, 1.82) is 0 Å². The lowest BCUT2D eigenvalue weighted by Crippen LogP contribution is -2.57. The zero-order chi connectivity index (χ0) is 15.5. The fourth-order valence-electron chi connectivity index (χ4n) is 2.82. The van der Waals surface area contributed by atoms with Crippen LogP contribution in [0.4, 0.5) is 4.79 Å². The number of morpholine rings is 1. The highest BCUT2D eigenvalue weighted by Crippen LogP contribution is 2.26. The van der Waals surface area contributed by atoms with Gasteiger partial charge in [-0.2, -0.15) is 0 Å². The summed E-state index contributed by atoms with van der Waals surface area (Å²) in [4.78, 5) is 28.4. The van der Waals surface area contributed by atoms with E-state index in [4.69, 9.17) is 16.3 Å². The second kappa shape index (κ2) is 6.54. The maximum atomic E-state index is 12.8. The van der Waals surface area contributed by atoms with Crippen LogP contribution in [-0.4, -0.2) is 61.1 Å². The molecule has 2 saturated heterocycles. The summed E-state index contributed by atoms with van der Waals surface area (Å²) < 4.78 is 5.28. The normalized spacial score (nSPS) is 22.4. The highest BCUT2D eigenvalue weighted by molar-refractivity contribution is 6.30. The van der Waals surface area contributed by atoms with Crippen LogP contribution >= 0.6 is 11.6 Å². The fourth-order valence-corrected chi connectivity index (χ4v) is 3.02. The van der Waals surface area contributed by atoms with Gasteiger partial charge in [-0.05, 0) is 17.7 Å². The minimum absolute atomic E-state index is 0.122. The summed E-state index contributed by atoms with van der Waals surface area (Å²) in [5.41, 5.74) is 0.728. The smallest absolute Gasteiger partial charge is 0.321 e. The Morgan fingerprint density at radius 1 is 1.27 bits per heavy atom. The number of nitrogens with zero attached hydrogens (tertiary/aromatic N) is 2. The van der Waals surface area contributed by atoms with Crippen molar-refractivity contribution in [2.45, 2.75) is 6.04 Å². The van der Waals surface area contributed by atoms with Crippen LogP contribution in [0.5, 0.6) is 0 Å². The number of carbonyl (C=O) groups is 2. The third-order valence-corrected chi connectivity index (χ3v) is 4.14. The minimum atomic E-state index is -0.636. The molecule has 3 amide bonds. The molecule has 0 aliphatic carbocycles. The van der Waals surface area contributed by atoms with E-state index in [1.807, 2.05) is 6.07 Å². The topological polar surface area (TPSA) is 61.9 Å². The monoisotopic (exact) mass is 323 g/mol. The number of hydrogen-bond donors (Lipinski definition) is 1. The zero-order valence-electron chi connectivity index (χ0n) is 12.1. The molecule has 1 aromatic rings. The summed E-state index contributed by atoms with van der Waals surface area (Å²) in [5.74, 6) is -0.171. The SMILES string of the molecule is O=C1NCCN(C(=O)N2CCOCC2)C1c1cccc(Cl)c1. The van der Waals surface area contributed by atoms with Crippen molar-refractivity contribution in [2.75, 3.05) is 39.4 Å². The number of rotatable bonds is 1. The van der Waals surface area contributed by atoms with Crippen molar-refractivity contribution in [3.8, 4) is 0 Å². The number of ether oxygens (including phenoxy) is 1. The Labute approximate surface area is 134 Å². The Morgan fingerprint density at radius 3 is 2.77 bits per heavy atom. The summed E-state index contributed by atoms with van der Waals surface area (Å²) in [6, 6.07) is 6.33. The van der Waals surface area contributed by atoms with Gasteiger partial charge in [-0.3, -0.25) is 4.79 Å². The van der Waals surface area contributed by atoms with Crippen LogP contribution in [-0.2, 0) is 9.53 Å². The number of hydrogen-bond acceptors (Lipinski definition) is 3. The average molecular weight is 324 g/mol. The number of halogens is 1. The molecular weight excluding hydrogens is 306 g/mol. The van der Waals surface area contributed by atoms with Crippen LogP contribution in [0.25, 0.3) is 0 Å². The second-order valence-corrected chi connectivity index (χ2v) is 5.76. The van der Waals surface area contributed by atoms with E-state index in [1.54, 1.807) is 28.0 Å². The van der Waals surface area contributed by atoms with Crippen molar-refractivity contribution >= 4 is 23.5 Å². The summed E-state index contributed by atoms with van der Waals surface area (Å²) >= 11 is 6.03. The number of nitrogens with one attached hydrogen (secondary N) is 1. The summed E-state index contributed by atoms with van der Waals surface area (Å²) in [6.07, 6.45) is 0.